The molecule has 144 valence electrons. The molecule has 0 amide bonds. The summed E-state index contributed by atoms with van der Waals surface area (Å²) in [6.45, 7) is 4.74. The molecule has 1 rings (SSSR count). The molecule has 0 unspecified atom stereocenters. The topological polar surface area (TPSA) is 52.6 Å². The fourth-order valence-electron chi connectivity index (χ4n) is 2.66. The molecule has 1 aliphatic carbocycles. The molecule has 0 aromatic rings. The standard InChI is InChI=1S/C17H24F4O4/c1-16(2,3)11-4-6-12(7-5-11)25-14(23)9-8-13(22)24-10-17(20,21)15(18)19/h8-9,11-12,15H,4-7,10H2,1-3H3. The maximum Gasteiger partial charge on any atom is 0.340 e. The zero-order valence-electron chi connectivity index (χ0n) is 14.6. The first-order chi connectivity index (χ1) is 11.4. The van der Waals surface area contributed by atoms with E-state index in [1.165, 1.54) is 0 Å². The Morgan fingerprint density at radius 3 is 2.04 bits per heavy atom. The second-order valence-electron chi connectivity index (χ2n) is 7.28. The minimum Gasteiger partial charge on any atom is -0.459 e. The molecule has 0 aromatic carbocycles. The Balaban J connectivity index is 2.35. The van der Waals surface area contributed by atoms with Crippen molar-refractivity contribution in [1.29, 1.82) is 0 Å². The van der Waals surface area contributed by atoms with Crippen molar-refractivity contribution in [2.75, 3.05) is 6.61 Å². The fourth-order valence-corrected chi connectivity index (χ4v) is 2.66. The summed E-state index contributed by atoms with van der Waals surface area (Å²) >= 11 is 0. The molecule has 0 saturated heterocycles. The highest BCUT2D eigenvalue weighted by Crippen LogP contribution is 2.38. The van der Waals surface area contributed by atoms with Crippen molar-refractivity contribution in [2.24, 2.45) is 11.3 Å². The molecule has 1 aliphatic rings. The van der Waals surface area contributed by atoms with Crippen molar-refractivity contribution in [2.45, 2.75) is 64.9 Å². The van der Waals surface area contributed by atoms with Crippen molar-refractivity contribution in [3.8, 4) is 0 Å². The van der Waals surface area contributed by atoms with E-state index in [9.17, 15) is 27.2 Å². The van der Waals surface area contributed by atoms with Crippen molar-refractivity contribution >= 4 is 11.9 Å². The van der Waals surface area contributed by atoms with Gasteiger partial charge in [-0.3, -0.25) is 0 Å². The van der Waals surface area contributed by atoms with Gasteiger partial charge in [0.25, 0.3) is 0 Å². The number of ether oxygens (including phenoxy) is 2. The van der Waals surface area contributed by atoms with Gasteiger partial charge in [0, 0.05) is 12.2 Å². The minimum atomic E-state index is -4.42. The summed E-state index contributed by atoms with van der Waals surface area (Å²) in [6, 6.07) is 0. The Hall–Kier alpha value is -1.60. The maximum atomic E-state index is 12.6. The molecule has 25 heavy (non-hydrogen) atoms. The third-order valence-electron chi connectivity index (χ3n) is 4.26. The van der Waals surface area contributed by atoms with Gasteiger partial charge >= 0.3 is 24.3 Å². The van der Waals surface area contributed by atoms with Crippen LogP contribution in [0.5, 0.6) is 0 Å². The van der Waals surface area contributed by atoms with Crippen LogP contribution in [0.25, 0.3) is 0 Å². The molecule has 0 spiro atoms. The zero-order valence-corrected chi connectivity index (χ0v) is 14.6. The van der Waals surface area contributed by atoms with Gasteiger partial charge in [0.1, 0.15) is 6.10 Å². The van der Waals surface area contributed by atoms with E-state index in [-0.39, 0.29) is 11.5 Å². The molecule has 0 heterocycles. The molecule has 4 nitrogen and oxygen atoms in total. The fraction of sp³-hybridized carbons (Fsp3) is 0.765. The zero-order chi connectivity index (χ0) is 19.3. The Morgan fingerprint density at radius 2 is 1.56 bits per heavy atom. The predicted molar refractivity (Wildman–Crippen MR) is 82.3 cm³/mol. The molecule has 0 atom stereocenters. The van der Waals surface area contributed by atoms with Crippen LogP contribution in [0.2, 0.25) is 0 Å². The first-order valence-corrected chi connectivity index (χ1v) is 8.13. The van der Waals surface area contributed by atoms with Crippen LogP contribution < -0.4 is 0 Å². The molecule has 0 bridgehead atoms. The highest BCUT2D eigenvalue weighted by Gasteiger charge is 2.42. The van der Waals surface area contributed by atoms with Crippen molar-refractivity contribution in [1.82, 2.24) is 0 Å². The Labute approximate surface area is 144 Å². The number of halogens is 4. The highest BCUT2D eigenvalue weighted by molar-refractivity contribution is 5.91. The van der Waals surface area contributed by atoms with Gasteiger partial charge in [0.15, 0.2) is 6.61 Å². The summed E-state index contributed by atoms with van der Waals surface area (Å²) in [6.07, 6.45) is 0.432. The van der Waals surface area contributed by atoms with Gasteiger partial charge in [0.05, 0.1) is 0 Å². The summed E-state index contributed by atoms with van der Waals surface area (Å²) < 4.78 is 58.2. The average molecular weight is 368 g/mol. The van der Waals surface area contributed by atoms with Gasteiger partial charge < -0.3 is 9.47 Å². The Kier molecular flexibility index (Phi) is 7.44. The lowest BCUT2D eigenvalue weighted by atomic mass is 9.72. The predicted octanol–water partition coefficient (Wildman–Crippen LogP) is 4.13. The van der Waals surface area contributed by atoms with Gasteiger partial charge in [-0.1, -0.05) is 20.8 Å². The largest absolute Gasteiger partial charge is 0.459 e. The SMILES string of the molecule is CC(C)(C)C1CCC(OC(=O)C=CC(=O)OCC(F)(F)C(F)F)CC1. The first kappa shape index (κ1) is 21.4. The summed E-state index contributed by atoms with van der Waals surface area (Å²) in [7, 11) is 0. The van der Waals surface area contributed by atoms with E-state index in [0.29, 0.717) is 24.8 Å². The van der Waals surface area contributed by atoms with E-state index in [1.54, 1.807) is 0 Å². The molecule has 0 radical (unpaired) electrons. The van der Waals surface area contributed by atoms with Gasteiger partial charge in [-0.2, -0.15) is 8.78 Å². The number of rotatable bonds is 6. The van der Waals surface area contributed by atoms with Gasteiger partial charge in [-0.25, -0.2) is 18.4 Å². The van der Waals surface area contributed by atoms with Crippen LogP contribution in [0.1, 0.15) is 46.5 Å². The first-order valence-electron chi connectivity index (χ1n) is 8.13. The van der Waals surface area contributed by atoms with E-state index in [2.05, 4.69) is 25.5 Å². The van der Waals surface area contributed by atoms with Crippen LogP contribution in [0, 0.1) is 11.3 Å². The van der Waals surface area contributed by atoms with Gasteiger partial charge in [-0.05, 0) is 37.0 Å². The molecule has 1 saturated carbocycles. The molecule has 1 fully saturated rings. The van der Waals surface area contributed by atoms with E-state index >= 15 is 0 Å². The van der Waals surface area contributed by atoms with Crippen LogP contribution >= 0.6 is 0 Å². The summed E-state index contributed by atoms with van der Waals surface area (Å²) in [5.41, 5.74) is 0.193. The Bertz CT molecular complexity index is 489. The van der Waals surface area contributed by atoms with E-state index in [4.69, 9.17) is 4.74 Å². The lowest BCUT2D eigenvalue weighted by molar-refractivity contribution is -0.176. The molecule has 0 aromatic heterocycles. The summed E-state index contributed by atoms with van der Waals surface area (Å²) in [4.78, 5) is 22.8. The third kappa shape index (κ3) is 7.44. The number of carbonyl (C=O) groups is 2. The number of hydrogen-bond acceptors (Lipinski definition) is 4. The number of esters is 2. The van der Waals surface area contributed by atoms with E-state index in [1.807, 2.05) is 0 Å². The Morgan fingerprint density at radius 1 is 1.04 bits per heavy atom. The third-order valence-corrected chi connectivity index (χ3v) is 4.26. The van der Waals surface area contributed by atoms with Crippen LogP contribution in [-0.4, -0.2) is 37.0 Å². The smallest absolute Gasteiger partial charge is 0.340 e. The minimum absolute atomic E-state index is 0.193. The number of hydrogen-bond donors (Lipinski definition) is 0. The molecular weight excluding hydrogens is 344 g/mol. The number of carbonyl (C=O) groups excluding carboxylic acids is 2. The van der Waals surface area contributed by atoms with Gasteiger partial charge in [0.2, 0.25) is 0 Å². The van der Waals surface area contributed by atoms with Crippen LogP contribution in [0.15, 0.2) is 12.2 Å². The van der Waals surface area contributed by atoms with Crippen LogP contribution in [0.3, 0.4) is 0 Å². The highest BCUT2D eigenvalue weighted by atomic mass is 19.3. The van der Waals surface area contributed by atoms with Gasteiger partial charge in [-0.15, -0.1) is 0 Å². The van der Waals surface area contributed by atoms with Crippen molar-refractivity contribution in [3.05, 3.63) is 12.2 Å². The average Bonchev–Trinajstić information content (AvgIpc) is 2.50. The lowest BCUT2D eigenvalue weighted by Gasteiger charge is -2.36. The van der Waals surface area contributed by atoms with Crippen LogP contribution in [0.4, 0.5) is 17.6 Å². The second-order valence-corrected chi connectivity index (χ2v) is 7.28. The maximum absolute atomic E-state index is 12.6. The van der Waals surface area contributed by atoms with Crippen LogP contribution in [-0.2, 0) is 19.1 Å². The molecule has 0 N–H and O–H groups in total. The van der Waals surface area contributed by atoms with E-state index < -0.39 is 30.9 Å². The molecular formula is C17H24F4O4. The number of alkyl halides is 4. The summed E-state index contributed by atoms with van der Waals surface area (Å²) in [5, 5.41) is 0. The molecule has 0 aliphatic heterocycles. The van der Waals surface area contributed by atoms with E-state index in [0.717, 1.165) is 18.9 Å². The normalized spacial score (nSPS) is 22.2. The van der Waals surface area contributed by atoms with Crippen molar-refractivity contribution in [3.63, 3.8) is 0 Å². The quantitative estimate of drug-likeness (QED) is 0.402. The van der Waals surface area contributed by atoms with Crippen molar-refractivity contribution < 1.29 is 36.6 Å². The molecule has 8 heteroatoms. The second kappa shape index (κ2) is 8.67. The lowest BCUT2D eigenvalue weighted by Crippen LogP contribution is -2.33. The monoisotopic (exact) mass is 368 g/mol. The summed E-state index contributed by atoms with van der Waals surface area (Å²) in [5.74, 6) is -5.98.